The zero-order valence-electron chi connectivity index (χ0n) is 36.4. The first-order valence-corrected chi connectivity index (χ1v) is 20.6. The summed E-state index contributed by atoms with van der Waals surface area (Å²) in [6.45, 7) is 20.2. The van der Waals surface area contributed by atoms with Gasteiger partial charge in [0.1, 0.15) is 18.4 Å². The summed E-state index contributed by atoms with van der Waals surface area (Å²) in [6, 6.07) is 28.4. The third-order valence-electron chi connectivity index (χ3n) is 8.36. The SMILES string of the molecule is C=C(NCC(S)CCCC)c1ccc(CCCC)cc1.C=C(Nc1ccccn1)c1ccc2c(c1)nc(CNc1ccc(C=N)cc1)n2C.C=O.CC.CN.CNC. The molecule has 0 radical (unpaired) electrons. The topological polar surface area (TPSA) is 146 Å². The van der Waals surface area contributed by atoms with Crippen molar-refractivity contribution in [3.8, 4) is 0 Å². The number of benzene rings is 3. The Morgan fingerprint density at radius 3 is 2.09 bits per heavy atom. The van der Waals surface area contributed by atoms with E-state index >= 15 is 0 Å². The summed E-state index contributed by atoms with van der Waals surface area (Å²) in [5.41, 5.74) is 13.7. The molecule has 58 heavy (non-hydrogen) atoms. The Hall–Kier alpha value is -5.23. The van der Waals surface area contributed by atoms with Crippen LogP contribution in [-0.2, 0) is 24.8 Å². The van der Waals surface area contributed by atoms with Crippen LogP contribution in [0.2, 0.25) is 0 Å². The molecule has 10 nitrogen and oxygen atoms in total. The zero-order chi connectivity index (χ0) is 43.7. The van der Waals surface area contributed by atoms with E-state index in [0.29, 0.717) is 11.8 Å². The minimum Gasteiger partial charge on any atom is -0.384 e. The Bertz CT molecular complexity index is 1830. The van der Waals surface area contributed by atoms with E-state index < -0.39 is 0 Å². The van der Waals surface area contributed by atoms with Crippen LogP contribution < -0.4 is 27.0 Å². The summed E-state index contributed by atoms with van der Waals surface area (Å²) >= 11 is 4.60. The number of hydrogen-bond acceptors (Lipinski definition) is 10. The molecular formula is C47H71N9OS. The Kier molecular flexibility index (Phi) is 29.9. The van der Waals surface area contributed by atoms with Crippen molar-refractivity contribution in [3.63, 3.8) is 0 Å². The molecule has 2 heterocycles. The van der Waals surface area contributed by atoms with Gasteiger partial charge in [-0.1, -0.05) is 109 Å². The van der Waals surface area contributed by atoms with Crippen LogP contribution in [0.4, 0.5) is 11.5 Å². The fourth-order valence-electron chi connectivity index (χ4n) is 5.28. The molecule has 7 N–H and O–H groups in total. The Balaban J connectivity index is 0.000000980. The second kappa shape index (κ2) is 32.8. The van der Waals surface area contributed by atoms with Gasteiger partial charge in [0.15, 0.2) is 0 Å². The van der Waals surface area contributed by atoms with Gasteiger partial charge in [0, 0.05) is 48.3 Å². The van der Waals surface area contributed by atoms with Gasteiger partial charge in [0.25, 0.3) is 0 Å². The molecule has 5 rings (SSSR count). The molecule has 5 aromatic rings. The number of fused-ring (bicyclic) bond motifs is 1. The molecule has 0 saturated carbocycles. The van der Waals surface area contributed by atoms with Gasteiger partial charge in [-0.05, 0) is 99.1 Å². The van der Waals surface area contributed by atoms with Crippen LogP contribution in [0.1, 0.15) is 87.9 Å². The highest BCUT2D eigenvalue weighted by molar-refractivity contribution is 7.81. The summed E-state index contributed by atoms with van der Waals surface area (Å²) in [7, 11) is 7.27. The molecule has 0 saturated heterocycles. The number of nitrogens with zero attached hydrogens (tertiary/aromatic N) is 3. The first-order chi connectivity index (χ1) is 28.2. The van der Waals surface area contributed by atoms with Gasteiger partial charge in [-0.25, -0.2) is 9.97 Å². The number of pyridine rings is 1. The fourth-order valence-corrected chi connectivity index (χ4v) is 5.55. The highest BCUT2D eigenvalue weighted by Gasteiger charge is 2.10. The molecular weight excluding hydrogens is 739 g/mol. The van der Waals surface area contributed by atoms with E-state index in [1.807, 2.05) is 96.4 Å². The summed E-state index contributed by atoms with van der Waals surface area (Å²) in [5.74, 6) is 1.70. The number of imidazole rings is 1. The zero-order valence-corrected chi connectivity index (χ0v) is 37.3. The average molecular weight is 810 g/mol. The van der Waals surface area contributed by atoms with E-state index in [-0.39, 0.29) is 0 Å². The standard InChI is InChI=1S/C23H22N6.C18H29NS.C2H7N.C2H6.CH5N.CH2O/c1-16(27-22-5-3-4-12-25-22)18-8-11-21-20(13-18)28-23(29(21)2)15-26-19-9-6-17(14-24)7-10-19;1-4-6-8-16-10-12-17(13-11-16)15(3)19-14-18(20)9-7-5-2;1-3-2;3*1-2/h3-14,24,26H,1,15H2,2H3,(H,25,27);10-13,18-20H,3-9,14H2,1-2H3;3H,1-2H3;1-2H3;2H2,1H3;1H2. The maximum absolute atomic E-state index is 8.00. The molecule has 0 fully saturated rings. The number of carbonyl (C=O) groups is 1. The van der Waals surface area contributed by atoms with Crippen molar-refractivity contribution in [1.82, 2.24) is 25.2 Å². The highest BCUT2D eigenvalue weighted by atomic mass is 32.1. The van der Waals surface area contributed by atoms with Crippen molar-refractivity contribution in [3.05, 3.63) is 132 Å². The Labute approximate surface area is 355 Å². The van der Waals surface area contributed by atoms with Crippen LogP contribution in [0.3, 0.4) is 0 Å². The first-order valence-electron chi connectivity index (χ1n) is 20.0. The third-order valence-corrected chi connectivity index (χ3v) is 8.80. The molecule has 316 valence electrons. The molecule has 0 aliphatic carbocycles. The molecule has 0 spiro atoms. The maximum Gasteiger partial charge on any atom is 0.130 e. The lowest BCUT2D eigenvalue weighted by Gasteiger charge is -2.14. The number of nitrogens with one attached hydrogen (secondary N) is 5. The van der Waals surface area contributed by atoms with Crippen LogP contribution in [-0.4, -0.2) is 60.5 Å². The largest absolute Gasteiger partial charge is 0.384 e. The van der Waals surface area contributed by atoms with Crippen molar-refractivity contribution in [2.45, 2.75) is 78.0 Å². The summed E-state index contributed by atoms with van der Waals surface area (Å²) in [5, 5.41) is 20.5. The summed E-state index contributed by atoms with van der Waals surface area (Å²) in [4.78, 5) is 17.1. The van der Waals surface area contributed by atoms with Crippen molar-refractivity contribution in [2.24, 2.45) is 12.8 Å². The summed E-state index contributed by atoms with van der Waals surface area (Å²) in [6.07, 6.45) is 10.4. The van der Waals surface area contributed by atoms with Crippen molar-refractivity contribution in [2.75, 3.05) is 38.3 Å². The number of aryl methyl sites for hydroxylation is 2. The van der Waals surface area contributed by atoms with Crippen molar-refractivity contribution >= 4 is 59.6 Å². The molecule has 0 amide bonds. The number of nitrogens with two attached hydrogens (primary N) is 1. The maximum atomic E-state index is 8.00. The van der Waals surface area contributed by atoms with Gasteiger partial charge in [-0.15, -0.1) is 0 Å². The van der Waals surface area contributed by atoms with E-state index in [0.717, 1.165) is 63.8 Å². The van der Waals surface area contributed by atoms with E-state index in [4.69, 9.17) is 15.2 Å². The van der Waals surface area contributed by atoms with Crippen molar-refractivity contribution in [1.29, 1.82) is 5.41 Å². The number of unbranched alkanes of at least 4 members (excludes halogenated alkanes) is 2. The highest BCUT2D eigenvalue weighted by Crippen LogP contribution is 2.23. The Morgan fingerprint density at radius 1 is 0.897 bits per heavy atom. The molecule has 0 bridgehead atoms. The number of hydrogen-bond donors (Lipinski definition) is 7. The predicted octanol–water partition coefficient (Wildman–Crippen LogP) is 9.99. The van der Waals surface area contributed by atoms with Crippen LogP contribution in [0.15, 0.2) is 104 Å². The van der Waals surface area contributed by atoms with Gasteiger partial charge >= 0.3 is 0 Å². The van der Waals surface area contributed by atoms with Gasteiger partial charge in [-0.2, -0.15) is 12.6 Å². The van der Waals surface area contributed by atoms with Gasteiger partial charge in [0.05, 0.1) is 17.6 Å². The van der Waals surface area contributed by atoms with E-state index in [1.54, 1.807) is 6.20 Å². The van der Waals surface area contributed by atoms with Crippen molar-refractivity contribution < 1.29 is 4.79 Å². The first kappa shape index (κ1) is 52.8. The lowest BCUT2D eigenvalue weighted by Crippen LogP contribution is -2.21. The van der Waals surface area contributed by atoms with E-state index in [1.165, 1.54) is 56.5 Å². The molecule has 0 aliphatic heterocycles. The number of thiol groups is 1. The molecule has 2 aromatic heterocycles. The molecule has 1 unspecified atom stereocenters. The minimum atomic E-state index is 0.413. The minimum absolute atomic E-state index is 0.413. The second-order valence-electron chi connectivity index (χ2n) is 12.7. The molecule has 0 aliphatic rings. The molecule has 11 heteroatoms. The lowest BCUT2D eigenvalue weighted by atomic mass is 10.1. The molecule has 1 atom stereocenters. The van der Waals surface area contributed by atoms with Crippen LogP contribution in [0, 0.1) is 5.41 Å². The smallest absolute Gasteiger partial charge is 0.130 e. The monoisotopic (exact) mass is 810 g/mol. The quantitative estimate of drug-likeness (QED) is 0.0363. The van der Waals surface area contributed by atoms with E-state index in [2.05, 4.69) is 107 Å². The average Bonchev–Trinajstić information content (AvgIpc) is 3.60. The van der Waals surface area contributed by atoms with Crippen LogP contribution >= 0.6 is 12.6 Å². The number of anilines is 2. The Morgan fingerprint density at radius 2 is 1.52 bits per heavy atom. The number of aromatic nitrogens is 3. The number of rotatable bonds is 17. The molecule has 3 aromatic carbocycles. The predicted molar refractivity (Wildman–Crippen MR) is 257 cm³/mol. The normalized spacial score (nSPS) is 10.1. The van der Waals surface area contributed by atoms with Crippen LogP contribution in [0.5, 0.6) is 0 Å². The van der Waals surface area contributed by atoms with E-state index in [9.17, 15) is 0 Å². The van der Waals surface area contributed by atoms with Crippen LogP contribution in [0.25, 0.3) is 22.4 Å². The third kappa shape index (κ3) is 19.8. The summed E-state index contributed by atoms with van der Waals surface area (Å²) < 4.78 is 2.09. The second-order valence-corrected chi connectivity index (χ2v) is 13.4. The number of carbonyl (C=O) groups excluding carboxylic acids is 1. The lowest BCUT2D eigenvalue weighted by molar-refractivity contribution is -0.0980. The van der Waals surface area contributed by atoms with Gasteiger partial charge in [-0.3, -0.25) is 0 Å². The van der Waals surface area contributed by atoms with Gasteiger partial charge < -0.3 is 41.8 Å². The fraction of sp³-hybridized carbons (Fsp3) is 0.362. The van der Waals surface area contributed by atoms with Gasteiger partial charge in [0.2, 0.25) is 0 Å².